The first-order valence-electron chi connectivity index (χ1n) is 12.2. The number of amides is 3. The molecular formula is C30H22F3N3O4. The van der Waals surface area contributed by atoms with E-state index in [0.717, 1.165) is 0 Å². The van der Waals surface area contributed by atoms with Crippen molar-refractivity contribution in [2.75, 3.05) is 10.6 Å². The average molecular weight is 546 g/mol. The van der Waals surface area contributed by atoms with Crippen LogP contribution >= 0.6 is 0 Å². The number of hydrogen-bond acceptors (Lipinski definition) is 4. The third kappa shape index (κ3) is 5.80. The fraction of sp³-hybridized carbons (Fsp3) is 0.100. The van der Waals surface area contributed by atoms with Gasteiger partial charge in [-0.15, -0.1) is 0 Å². The first-order chi connectivity index (χ1) is 19.3. The molecule has 2 N–H and O–H groups in total. The second kappa shape index (κ2) is 11.3. The van der Waals surface area contributed by atoms with Gasteiger partial charge in [0, 0.05) is 11.4 Å². The van der Waals surface area contributed by atoms with Crippen molar-refractivity contribution in [1.82, 2.24) is 4.90 Å². The van der Waals surface area contributed by atoms with Crippen molar-refractivity contribution in [3.05, 3.63) is 131 Å². The predicted octanol–water partition coefficient (Wildman–Crippen LogP) is 6.06. The lowest BCUT2D eigenvalue weighted by atomic mass is 10.00. The predicted molar refractivity (Wildman–Crippen MR) is 141 cm³/mol. The summed E-state index contributed by atoms with van der Waals surface area (Å²) in [6.07, 6.45) is -1.80. The maximum Gasteiger partial charge on any atom is 0.411 e. The van der Waals surface area contributed by atoms with Crippen molar-refractivity contribution in [2.24, 2.45) is 0 Å². The highest BCUT2D eigenvalue weighted by atomic mass is 19.1. The normalized spacial score (nSPS) is 16.4. The number of cyclic esters (lactones) is 1. The molecule has 0 aromatic heterocycles. The summed E-state index contributed by atoms with van der Waals surface area (Å²) in [5.41, 5.74) is 1.59. The van der Waals surface area contributed by atoms with Gasteiger partial charge < -0.3 is 15.4 Å². The lowest BCUT2D eigenvalue weighted by molar-refractivity contribution is -0.121. The van der Waals surface area contributed by atoms with Crippen LogP contribution in [0.1, 0.15) is 27.6 Å². The Kier molecular flexibility index (Phi) is 7.50. The first-order valence-corrected chi connectivity index (χ1v) is 12.2. The number of nitrogens with one attached hydrogen (secondary N) is 2. The number of benzene rings is 4. The molecule has 1 fully saturated rings. The Labute approximate surface area is 227 Å². The number of ether oxygens (including phenoxy) is 1. The number of carbonyl (C=O) groups is 3. The molecule has 2 atom stereocenters. The highest BCUT2D eigenvalue weighted by Crippen LogP contribution is 2.35. The Balaban J connectivity index is 1.39. The van der Waals surface area contributed by atoms with Crippen LogP contribution in [0.5, 0.6) is 0 Å². The molecule has 1 saturated heterocycles. The molecule has 40 heavy (non-hydrogen) atoms. The van der Waals surface area contributed by atoms with Crippen LogP contribution in [-0.2, 0) is 16.1 Å². The third-order valence-corrected chi connectivity index (χ3v) is 6.35. The molecule has 0 radical (unpaired) electrons. The van der Waals surface area contributed by atoms with Crippen molar-refractivity contribution in [2.45, 2.75) is 18.7 Å². The van der Waals surface area contributed by atoms with Gasteiger partial charge in [-0.25, -0.2) is 18.0 Å². The highest BCUT2D eigenvalue weighted by molar-refractivity contribution is 6.04. The number of nitrogens with zero attached hydrogens (tertiary/aromatic N) is 1. The van der Waals surface area contributed by atoms with Crippen LogP contribution in [0, 0.1) is 17.5 Å². The molecule has 1 aliphatic heterocycles. The average Bonchev–Trinajstić information content (AvgIpc) is 3.27. The van der Waals surface area contributed by atoms with Crippen molar-refractivity contribution in [1.29, 1.82) is 0 Å². The second-order valence-corrected chi connectivity index (χ2v) is 9.06. The monoisotopic (exact) mass is 545 g/mol. The van der Waals surface area contributed by atoms with Crippen LogP contribution in [0.4, 0.5) is 29.3 Å². The topological polar surface area (TPSA) is 87.7 Å². The molecule has 5 rings (SSSR count). The zero-order valence-corrected chi connectivity index (χ0v) is 20.8. The van der Waals surface area contributed by atoms with E-state index < -0.39 is 47.5 Å². The molecule has 202 valence electrons. The van der Waals surface area contributed by atoms with Gasteiger partial charge >= 0.3 is 6.09 Å². The van der Waals surface area contributed by atoms with Gasteiger partial charge in [0.2, 0.25) is 0 Å². The van der Waals surface area contributed by atoms with Gasteiger partial charge in [-0.05, 0) is 71.8 Å². The molecule has 4 aromatic carbocycles. The quantitative estimate of drug-likeness (QED) is 0.296. The lowest BCUT2D eigenvalue weighted by Gasteiger charge is -2.24. The van der Waals surface area contributed by atoms with Crippen molar-refractivity contribution < 1.29 is 32.3 Å². The summed E-state index contributed by atoms with van der Waals surface area (Å²) < 4.78 is 46.4. The van der Waals surface area contributed by atoms with Crippen LogP contribution in [0.15, 0.2) is 97.1 Å². The van der Waals surface area contributed by atoms with Gasteiger partial charge in [0.1, 0.15) is 17.5 Å². The van der Waals surface area contributed by atoms with E-state index >= 15 is 0 Å². The number of rotatable bonds is 7. The Morgan fingerprint density at radius 1 is 0.750 bits per heavy atom. The van der Waals surface area contributed by atoms with Crippen molar-refractivity contribution in [3.63, 3.8) is 0 Å². The molecule has 0 bridgehead atoms. The molecule has 10 heteroatoms. The van der Waals surface area contributed by atoms with Crippen LogP contribution in [0.25, 0.3) is 0 Å². The number of halogens is 3. The summed E-state index contributed by atoms with van der Waals surface area (Å²) in [6, 6.07) is 21.3. The maximum absolute atomic E-state index is 14.0. The second-order valence-electron chi connectivity index (χ2n) is 9.06. The smallest absolute Gasteiger partial charge is 0.411 e. The van der Waals surface area contributed by atoms with E-state index in [4.69, 9.17) is 4.74 Å². The lowest BCUT2D eigenvalue weighted by Crippen LogP contribution is -2.43. The summed E-state index contributed by atoms with van der Waals surface area (Å²) in [5.74, 6) is -2.80. The maximum atomic E-state index is 14.0. The minimum absolute atomic E-state index is 0.0338. The Morgan fingerprint density at radius 3 is 1.98 bits per heavy atom. The molecule has 0 saturated carbocycles. The molecule has 0 aliphatic carbocycles. The Morgan fingerprint density at radius 2 is 1.32 bits per heavy atom. The molecule has 1 aliphatic rings. The first kappa shape index (κ1) is 26.5. The van der Waals surface area contributed by atoms with Crippen LogP contribution in [0.2, 0.25) is 0 Å². The fourth-order valence-electron chi connectivity index (χ4n) is 4.35. The van der Waals surface area contributed by atoms with Gasteiger partial charge in [-0.1, -0.05) is 36.4 Å². The van der Waals surface area contributed by atoms with E-state index in [2.05, 4.69) is 10.6 Å². The third-order valence-electron chi connectivity index (χ3n) is 6.35. The van der Waals surface area contributed by atoms with E-state index in [-0.39, 0.29) is 12.1 Å². The molecule has 0 unspecified atom stereocenters. The highest BCUT2D eigenvalue weighted by Gasteiger charge is 2.47. The van der Waals surface area contributed by atoms with Crippen molar-refractivity contribution in [3.8, 4) is 0 Å². The fourth-order valence-corrected chi connectivity index (χ4v) is 4.35. The Bertz CT molecular complexity index is 1540. The van der Waals surface area contributed by atoms with E-state index in [1.807, 2.05) is 0 Å². The molecular weight excluding hydrogens is 523 g/mol. The van der Waals surface area contributed by atoms with E-state index in [1.54, 1.807) is 30.3 Å². The minimum Gasteiger partial charge on any atom is -0.438 e. The summed E-state index contributed by atoms with van der Waals surface area (Å²) in [7, 11) is 0. The molecule has 3 amide bonds. The summed E-state index contributed by atoms with van der Waals surface area (Å²) in [4.78, 5) is 40.1. The van der Waals surface area contributed by atoms with Crippen LogP contribution in [-0.4, -0.2) is 28.8 Å². The summed E-state index contributed by atoms with van der Waals surface area (Å²) in [5, 5.41) is 5.29. The summed E-state index contributed by atoms with van der Waals surface area (Å²) >= 11 is 0. The zero-order valence-electron chi connectivity index (χ0n) is 20.8. The van der Waals surface area contributed by atoms with E-state index in [9.17, 15) is 27.6 Å². The molecule has 0 spiro atoms. The summed E-state index contributed by atoms with van der Waals surface area (Å²) in [6.45, 7) is -0.0338. The van der Waals surface area contributed by atoms with Crippen LogP contribution < -0.4 is 10.6 Å². The minimum atomic E-state index is -1.14. The molecule has 1 heterocycles. The number of anilines is 2. The number of carbonyl (C=O) groups excluding carboxylic acids is 3. The largest absolute Gasteiger partial charge is 0.438 e. The van der Waals surface area contributed by atoms with Gasteiger partial charge in [0.05, 0.1) is 12.1 Å². The van der Waals surface area contributed by atoms with Crippen LogP contribution in [0.3, 0.4) is 0 Å². The van der Waals surface area contributed by atoms with Crippen molar-refractivity contribution >= 4 is 29.3 Å². The molecule has 4 aromatic rings. The number of hydrogen-bond donors (Lipinski definition) is 2. The van der Waals surface area contributed by atoms with Gasteiger partial charge in [-0.2, -0.15) is 0 Å². The van der Waals surface area contributed by atoms with E-state index in [0.29, 0.717) is 22.5 Å². The zero-order chi connectivity index (χ0) is 28.2. The van der Waals surface area contributed by atoms with Gasteiger partial charge in [-0.3, -0.25) is 14.5 Å². The van der Waals surface area contributed by atoms with Gasteiger partial charge in [0.25, 0.3) is 11.8 Å². The van der Waals surface area contributed by atoms with E-state index in [1.165, 1.54) is 71.6 Å². The SMILES string of the molecule is O=C(Nc1ccc([C@H]2OC(=O)N(Cc3ccc(F)cc3)[C@@H]2C(=O)Nc2ccc(F)cc2)cc1)c1ccccc1F. The van der Waals surface area contributed by atoms with Gasteiger partial charge in [0.15, 0.2) is 12.1 Å². The Hall–Kier alpha value is -5.12. The standard InChI is InChI=1S/C30H22F3N3O4/c31-20-9-5-18(6-10-20)17-36-26(29(38)35-23-15-11-21(32)12-16-23)27(40-30(36)39)19-7-13-22(14-8-19)34-28(37)24-3-1-2-4-25(24)33/h1-16,26-27H,17H2,(H,34,37)(H,35,38)/t26-,27+/m0/s1. The molecule has 7 nitrogen and oxygen atoms in total.